The van der Waals surface area contributed by atoms with Gasteiger partial charge in [-0.25, -0.2) is 0 Å². The van der Waals surface area contributed by atoms with E-state index in [-0.39, 0.29) is 0 Å². The zero-order valence-corrected chi connectivity index (χ0v) is 13.2. The van der Waals surface area contributed by atoms with E-state index in [2.05, 4.69) is 50.0 Å². The molecule has 1 atom stereocenters. The maximum atomic E-state index is 10.4. The molecule has 1 unspecified atom stereocenters. The highest BCUT2D eigenvalue weighted by molar-refractivity contribution is 4.81. The third-order valence-corrected chi connectivity index (χ3v) is 2.86. The summed E-state index contributed by atoms with van der Waals surface area (Å²) in [5.41, 5.74) is -0.661. The Kier molecular flexibility index (Phi) is 8.78. The van der Waals surface area contributed by atoms with Crippen LogP contribution in [0.1, 0.15) is 34.1 Å². The molecule has 0 radical (unpaired) electrons. The Morgan fingerprint density at radius 1 is 1.17 bits per heavy atom. The molecule has 0 rings (SSSR count). The van der Waals surface area contributed by atoms with E-state index in [0.717, 1.165) is 32.6 Å². The minimum atomic E-state index is -0.661. The Morgan fingerprint density at radius 2 is 1.78 bits per heavy atom. The van der Waals surface area contributed by atoms with Gasteiger partial charge in [0.15, 0.2) is 0 Å². The zero-order valence-electron chi connectivity index (χ0n) is 13.2. The van der Waals surface area contributed by atoms with Crippen molar-refractivity contribution in [3.8, 4) is 0 Å². The molecule has 0 bridgehead atoms. The first-order chi connectivity index (χ1) is 8.26. The molecule has 4 nitrogen and oxygen atoms in total. The first-order valence-electron chi connectivity index (χ1n) is 7.09. The second kappa shape index (κ2) is 8.86. The van der Waals surface area contributed by atoms with Crippen molar-refractivity contribution in [3.05, 3.63) is 0 Å². The van der Waals surface area contributed by atoms with Crippen LogP contribution in [0.15, 0.2) is 0 Å². The van der Waals surface area contributed by atoms with Gasteiger partial charge in [0, 0.05) is 32.2 Å². The minimum Gasteiger partial charge on any atom is -0.388 e. The number of rotatable bonds is 10. The molecule has 4 heteroatoms. The van der Waals surface area contributed by atoms with Crippen LogP contribution < -0.4 is 5.32 Å². The molecule has 0 aromatic rings. The number of hydrogen-bond acceptors (Lipinski definition) is 4. The number of likely N-dealkylation sites (N-methyl/N-ethyl adjacent to an activating group) is 1. The summed E-state index contributed by atoms with van der Waals surface area (Å²) < 4.78 is 0. The van der Waals surface area contributed by atoms with Gasteiger partial charge >= 0.3 is 0 Å². The summed E-state index contributed by atoms with van der Waals surface area (Å²) in [5.74, 6) is 0. The van der Waals surface area contributed by atoms with Gasteiger partial charge in [-0.05, 0) is 34.0 Å². The van der Waals surface area contributed by atoms with E-state index in [4.69, 9.17) is 0 Å². The summed E-state index contributed by atoms with van der Waals surface area (Å²) in [6.45, 7) is 12.8. The van der Waals surface area contributed by atoms with Crippen LogP contribution in [-0.2, 0) is 0 Å². The molecular formula is C14H33N3O. The van der Waals surface area contributed by atoms with Crippen molar-refractivity contribution in [1.82, 2.24) is 15.1 Å². The smallest absolute Gasteiger partial charge is 0.0869 e. The van der Waals surface area contributed by atoms with Crippen molar-refractivity contribution in [2.45, 2.75) is 45.8 Å². The molecule has 0 aliphatic rings. The average molecular weight is 259 g/mol. The lowest BCUT2D eigenvalue weighted by Gasteiger charge is -2.33. The Balaban J connectivity index is 4.18. The fourth-order valence-electron chi connectivity index (χ4n) is 1.89. The predicted octanol–water partition coefficient (Wildman–Crippen LogP) is 1.01. The highest BCUT2D eigenvalue weighted by Gasteiger charge is 2.23. The number of hydrogen-bond donors (Lipinski definition) is 2. The lowest BCUT2D eigenvalue weighted by molar-refractivity contribution is 0.0171. The summed E-state index contributed by atoms with van der Waals surface area (Å²) in [5, 5.41) is 13.7. The zero-order chi connectivity index (χ0) is 14.2. The van der Waals surface area contributed by atoms with Crippen molar-refractivity contribution in [2.75, 3.05) is 46.8 Å². The SMILES string of the molecule is CCCN(CCN(C)C)CC(C)(O)CNC(C)C. The first kappa shape index (κ1) is 17.8. The van der Waals surface area contributed by atoms with Crippen LogP contribution in [0.5, 0.6) is 0 Å². The molecule has 18 heavy (non-hydrogen) atoms. The van der Waals surface area contributed by atoms with Crippen LogP contribution in [0.25, 0.3) is 0 Å². The van der Waals surface area contributed by atoms with Gasteiger partial charge in [-0.1, -0.05) is 20.8 Å². The van der Waals surface area contributed by atoms with Crippen molar-refractivity contribution in [2.24, 2.45) is 0 Å². The summed E-state index contributed by atoms with van der Waals surface area (Å²) in [6, 6.07) is 0.415. The number of nitrogens with zero attached hydrogens (tertiary/aromatic N) is 2. The van der Waals surface area contributed by atoms with Crippen LogP contribution in [0.4, 0.5) is 0 Å². The summed E-state index contributed by atoms with van der Waals surface area (Å²) in [7, 11) is 4.17. The van der Waals surface area contributed by atoms with Crippen LogP contribution in [0.3, 0.4) is 0 Å². The van der Waals surface area contributed by atoms with E-state index in [1.165, 1.54) is 0 Å². The van der Waals surface area contributed by atoms with E-state index < -0.39 is 5.60 Å². The van der Waals surface area contributed by atoms with E-state index in [1.54, 1.807) is 0 Å². The molecule has 0 fully saturated rings. The monoisotopic (exact) mass is 259 g/mol. The standard InChI is InChI=1S/C14H33N3O/c1-7-8-17(10-9-16(5)6)12-14(4,18)11-15-13(2)3/h13,15,18H,7-12H2,1-6H3. The number of aliphatic hydroxyl groups is 1. The van der Waals surface area contributed by atoms with Crippen LogP contribution in [0, 0.1) is 0 Å². The van der Waals surface area contributed by atoms with Gasteiger partial charge in [0.1, 0.15) is 0 Å². The van der Waals surface area contributed by atoms with Gasteiger partial charge in [0.25, 0.3) is 0 Å². The van der Waals surface area contributed by atoms with Crippen molar-refractivity contribution >= 4 is 0 Å². The Morgan fingerprint density at radius 3 is 2.22 bits per heavy atom. The minimum absolute atomic E-state index is 0.415. The average Bonchev–Trinajstić information content (AvgIpc) is 2.23. The Bertz CT molecular complexity index is 205. The molecule has 0 aromatic carbocycles. The van der Waals surface area contributed by atoms with Crippen LogP contribution in [0.2, 0.25) is 0 Å². The van der Waals surface area contributed by atoms with Gasteiger partial charge in [0.05, 0.1) is 5.60 Å². The van der Waals surface area contributed by atoms with Gasteiger partial charge < -0.3 is 15.3 Å². The molecule has 110 valence electrons. The normalized spacial score (nSPS) is 15.7. The van der Waals surface area contributed by atoms with Crippen LogP contribution in [-0.4, -0.2) is 73.4 Å². The molecule has 2 N–H and O–H groups in total. The van der Waals surface area contributed by atoms with Crippen molar-refractivity contribution < 1.29 is 5.11 Å². The molecule has 0 aliphatic carbocycles. The fraction of sp³-hybridized carbons (Fsp3) is 1.00. The van der Waals surface area contributed by atoms with E-state index in [0.29, 0.717) is 12.6 Å². The summed E-state index contributed by atoms with van der Waals surface area (Å²) in [4.78, 5) is 4.53. The second-order valence-corrected chi connectivity index (χ2v) is 6.11. The molecule has 0 saturated heterocycles. The third kappa shape index (κ3) is 9.83. The Hall–Kier alpha value is -0.160. The molecule has 0 saturated carbocycles. The molecular weight excluding hydrogens is 226 g/mol. The van der Waals surface area contributed by atoms with E-state index >= 15 is 0 Å². The quantitative estimate of drug-likeness (QED) is 0.614. The lowest BCUT2D eigenvalue weighted by atomic mass is 10.1. The van der Waals surface area contributed by atoms with Gasteiger partial charge in [0.2, 0.25) is 0 Å². The van der Waals surface area contributed by atoms with Gasteiger partial charge in [-0.15, -0.1) is 0 Å². The van der Waals surface area contributed by atoms with Gasteiger partial charge in [-0.2, -0.15) is 0 Å². The highest BCUT2D eigenvalue weighted by atomic mass is 16.3. The lowest BCUT2D eigenvalue weighted by Crippen LogP contribution is -2.50. The third-order valence-electron chi connectivity index (χ3n) is 2.86. The molecule has 0 amide bonds. The maximum absolute atomic E-state index is 10.4. The summed E-state index contributed by atoms with van der Waals surface area (Å²) >= 11 is 0. The molecule has 0 aliphatic heterocycles. The number of nitrogens with one attached hydrogen (secondary N) is 1. The van der Waals surface area contributed by atoms with E-state index in [1.807, 2.05) is 6.92 Å². The highest BCUT2D eigenvalue weighted by Crippen LogP contribution is 2.06. The molecule has 0 spiro atoms. The predicted molar refractivity (Wildman–Crippen MR) is 79.0 cm³/mol. The largest absolute Gasteiger partial charge is 0.388 e. The van der Waals surface area contributed by atoms with Crippen LogP contribution >= 0.6 is 0 Å². The van der Waals surface area contributed by atoms with E-state index in [9.17, 15) is 5.11 Å². The van der Waals surface area contributed by atoms with Crippen molar-refractivity contribution in [1.29, 1.82) is 0 Å². The maximum Gasteiger partial charge on any atom is 0.0869 e. The fourth-order valence-corrected chi connectivity index (χ4v) is 1.89. The first-order valence-corrected chi connectivity index (χ1v) is 7.09. The Labute approximate surface area is 113 Å². The van der Waals surface area contributed by atoms with Crippen molar-refractivity contribution in [3.63, 3.8) is 0 Å². The topological polar surface area (TPSA) is 38.7 Å². The second-order valence-electron chi connectivity index (χ2n) is 6.11. The molecule has 0 aromatic heterocycles. The molecule has 0 heterocycles. The summed E-state index contributed by atoms with van der Waals surface area (Å²) in [6.07, 6.45) is 1.13. The van der Waals surface area contributed by atoms with Gasteiger partial charge in [-0.3, -0.25) is 4.90 Å².